The minimum absolute atomic E-state index is 0.0177. The molecule has 244 valence electrons. The molecule has 5 nitrogen and oxygen atoms in total. The highest BCUT2D eigenvalue weighted by atomic mass is 19.4. The van der Waals surface area contributed by atoms with Crippen molar-refractivity contribution in [3.63, 3.8) is 0 Å². The first kappa shape index (κ1) is 34.4. The van der Waals surface area contributed by atoms with Crippen LogP contribution in [0.5, 0.6) is 17.2 Å². The Kier molecular flexibility index (Phi) is 10.7. The minimum atomic E-state index is -5.06. The molecule has 0 bridgehead atoms. The molecule has 0 saturated carbocycles. The summed E-state index contributed by atoms with van der Waals surface area (Å²) in [4.78, 5) is 22.5. The molecule has 0 fully saturated rings. The van der Waals surface area contributed by atoms with Crippen LogP contribution in [0.2, 0.25) is 0 Å². The largest absolute Gasteiger partial charge is 0.497 e. The van der Waals surface area contributed by atoms with Crippen molar-refractivity contribution in [2.75, 3.05) is 7.11 Å². The van der Waals surface area contributed by atoms with Crippen molar-refractivity contribution in [1.82, 2.24) is 0 Å². The molecule has 0 radical (unpaired) electrons. The van der Waals surface area contributed by atoms with E-state index in [1.165, 1.54) is 6.07 Å². The molecule has 0 unspecified atom stereocenters. The third-order valence-electron chi connectivity index (χ3n) is 7.99. The van der Waals surface area contributed by atoms with E-state index < -0.39 is 47.1 Å². The fourth-order valence-electron chi connectivity index (χ4n) is 5.78. The highest BCUT2D eigenvalue weighted by Gasteiger charge is 2.41. The van der Waals surface area contributed by atoms with Gasteiger partial charge in [0.05, 0.1) is 18.2 Å². The van der Waals surface area contributed by atoms with Crippen LogP contribution in [0.15, 0.2) is 67.3 Å². The summed E-state index contributed by atoms with van der Waals surface area (Å²) in [6, 6.07) is 14.2. The first-order valence-corrected chi connectivity index (χ1v) is 14.9. The maximum atomic E-state index is 15.2. The quantitative estimate of drug-likeness (QED) is 0.114. The summed E-state index contributed by atoms with van der Waals surface area (Å²) in [6.45, 7) is 5.11. The summed E-state index contributed by atoms with van der Waals surface area (Å²) in [7, 11) is 1.58. The second-order valence-corrected chi connectivity index (χ2v) is 11.1. The Bertz CT molecular complexity index is 1640. The molecule has 0 heterocycles. The molecule has 3 aromatic rings. The lowest BCUT2D eigenvalue weighted by Gasteiger charge is -2.23. The minimum Gasteiger partial charge on any atom is -0.497 e. The number of hydrogen-bond donors (Lipinski definition) is 1. The fraction of sp³-hybridized carbons (Fsp3) is 0.333. The van der Waals surface area contributed by atoms with E-state index >= 15 is 8.78 Å². The van der Waals surface area contributed by atoms with Gasteiger partial charge in [-0.15, -0.1) is 0 Å². The number of aryl methyl sites for hydroxylation is 2. The van der Waals surface area contributed by atoms with Gasteiger partial charge in [-0.3, -0.25) is 9.59 Å². The van der Waals surface area contributed by atoms with E-state index in [0.717, 1.165) is 59.2 Å². The SMILES string of the molecule is C=CC(F)(F)c1cc(CCCC(=O)CC(=O)O)cc(C(F)(F)F)c1Oc1ccc2c(c1)C(CC)=C(c1ccc(OC)cc1)CCC2. The number of rotatable bonds is 13. The number of hydrogen-bond acceptors (Lipinski definition) is 4. The Morgan fingerprint density at radius 1 is 0.957 bits per heavy atom. The number of ether oxygens (including phenoxy) is 2. The van der Waals surface area contributed by atoms with Crippen molar-refractivity contribution in [3.05, 3.63) is 101 Å². The monoisotopic (exact) mass is 642 g/mol. The molecule has 0 spiro atoms. The van der Waals surface area contributed by atoms with Gasteiger partial charge in [-0.05, 0) is 114 Å². The third-order valence-corrected chi connectivity index (χ3v) is 7.99. The molecule has 1 aliphatic rings. The number of allylic oxidation sites excluding steroid dienone is 3. The number of ketones is 1. The molecule has 0 saturated heterocycles. The van der Waals surface area contributed by atoms with Crippen LogP contribution in [-0.2, 0) is 34.5 Å². The van der Waals surface area contributed by atoms with Crippen LogP contribution >= 0.6 is 0 Å². The van der Waals surface area contributed by atoms with Gasteiger partial charge >= 0.3 is 12.1 Å². The standard InChI is InChI=1S/C36H35F5O5/c1-4-28-29(24-12-15-26(45-3)16-13-24)11-7-9-23-14-17-27(21-30(23)28)46-34-31(35(37,38)5-2)18-22(19-32(34)36(39,40)41)8-6-10-25(42)20-33(43)44/h5,12-19,21H,2,4,6-11,20H2,1,3H3,(H,43,44). The number of fused-ring (bicyclic) bond motifs is 1. The number of carboxylic acids is 1. The van der Waals surface area contributed by atoms with Crippen molar-refractivity contribution < 1.29 is 46.1 Å². The lowest BCUT2D eigenvalue weighted by atomic mass is 9.91. The molecule has 1 N–H and O–H groups in total. The molecular formula is C36H35F5O5. The normalized spacial score (nSPS) is 13.5. The predicted octanol–water partition coefficient (Wildman–Crippen LogP) is 9.81. The average Bonchev–Trinajstić information content (AvgIpc) is 3.19. The van der Waals surface area contributed by atoms with E-state index in [4.69, 9.17) is 14.6 Å². The highest BCUT2D eigenvalue weighted by Crippen LogP contribution is 2.47. The highest BCUT2D eigenvalue weighted by molar-refractivity contribution is 5.94. The van der Waals surface area contributed by atoms with E-state index in [1.807, 2.05) is 31.2 Å². The van der Waals surface area contributed by atoms with Crippen LogP contribution in [0.1, 0.15) is 78.8 Å². The number of carboxylic acid groups (broad SMARTS) is 1. The first-order chi connectivity index (χ1) is 21.8. The van der Waals surface area contributed by atoms with E-state index in [2.05, 4.69) is 6.58 Å². The van der Waals surface area contributed by atoms with Crippen molar-refractivity contribution in [3.8, 4) is 17.2 Å². The topological polar surface area (TPSA) is 72.8 Å². The van der Waals surface area contributed by atoms with Gasteiger partial charge in [-0.1, -0.05) is 31.7 Å². The Balaban J connectivity index is 1.78. The Morgan fingerprint density at radius 3 is 2.24 bits per heavy atom. The van der Waals surface area contributed by atoms with Gasteiger partial charge in [0.1, 0.15) is 29.5 Å². The number of aliphatic carboxylic acids is 1. The van der Waals surface area contributed by atoms with Gasteiger partial charge in [-0.25, -0.2) is 0 Å². The van der Waals surface area contributed by atoms with Gasteiger partial charge in [0, 0.05) is 6.42 Å². The van der Waals surface area contributed by atoms with Crippen LogP contribution in [0.25, 0.3) is 11.1 Å². The average molecular weight is 643 g/mol. The number of carbonyl (C=O) groups is 2. The zero-order valence-corrected chi connectivity index (χ0v) is 25.6. The van der Waals surface area contributed by atoms with Crippen LogP contribution in [0.3, 0.4) is 0 Å². The van der Waals surface area contributed by atoms with E-state index in [1.54, 1.807) is 19.2 Å². The number of methoxy groups -OCH3 is 1. The van der Waals surface area contributed by atoms with Crippen LogP contribution in [0.4, 0.5) is 22.0 Å². The molecule has 0 aromatic heterocycles. The maximum absolute atomic E-state index is 15.2. The third kappa shape index (κ3) is 8.02. The van der Waals surface area contributed by atoms with E-state index in [9.17, 15) is 22.8 Å². The molecular weight excluding hydrogens is 607 g/mol. The molecule has 0 aliphatic heterocycles. The van der Waals surface area contributed by atoms with Crippen molar-refractivity contribution >= 4 is 22.9 Å². The number of Topliss-reactive ketones (excluding diaryl/α,β-unsaturated/α-hetero) is 1. The summed E-state index contributed by atoms with van der Waals surface area (Å²) in [6.07, 6.45) is -2.97. The zero-order chi connectivity index (χ0) is 33.6. The van der Waals surface area contributed by atoms with Gasteiger partial charge in [0.25, 0.3) is 5.92 Å². The van der Waals surface area contributed by atoms with Crippen LogP contribution in [0, 0.1) is 0 Å². The molecule has 1 aliphatic carbocycles. The Labute approximate surface area is 264 Å². The zero-order valence-electron chi connectivity index (χ0n) is 25.6. The first-order valence-electron chi connectivity index (χ1n) is 14.9. The number of alkyl halides is 5. The molecule has 0 amide bonds. The summed E-state index contributed by atoms with van der Waals surface area (Å²) in [5, 5.41) is 8.76. The van der Waals surface area contributed by atoms with Gasteiger partial charge < -0.3 is 14.6 Å². The van der Waals surface area contributed by atoms with Crippen molar-refractivity contribution in [2.24, 2.45) is 0 Å². The smallest absolute Gasteiger partial charge is 0.420 e. The molecule has 3 aromatic carbocycles. The van der Waals surface area contributed by atoms with Crippen molar-refractivity contribution in [1.29, 1.82) is 0 Å². The lowest BCUT2D eigenvalue weighted by molar-refractivity contribution is -0.141. The summed E-state index contributed by atoms with van der Waals surface area (Å²) in [5.74, 6) is -6.17. The van der Waals surface area contributed by atoms with E-state index in [-0.39, 0.29) is 36.7 Å². The second-order valence-electron chi connectivity index (χ2n) is 11.1. The van der Waals surface area contributed by atoms with Gasteiger partial charge in [0.2, 0.25) is 0 Å². The van der Waals surface area contributed by atoms with Crippen molar-refractivity contribution in [2.45, 2.75) is 70.4 Å². The second kappa shape index (κ2) is 14.3. The molecule has 4 rings (SSSR count). The summed E-state index contributed by atoms with van der Waals surface area (Å²) in [5.41, 5.74) is 2.34. The Morgan fingerprint density at radius 2 is 1.63 bits per heavy atom. The summed E-state index contributed by atoms with van der Waals surface area (Å²) < 4.78 is 84.8. The molecule has 10 heteroatoms. The molecule has 46 heavy (non-hydrogen) atoms. The number of halogens is 5. The fourth-order valence-corrected chi connectivity index (χ4v) is 5.78. The molecule has 0 atom stereocenters. The van der Waals surface area contributed by atoms with E-state index in [0.29, 0.717) is 12.2 Å². The Hall–Kier alpha value is -4.47. The predicted molar refractivity (Wildman–Crippen MR) is 165 cm³/mol. The van der Waals surface area contributed by atoms with Gasteiger partial charge in [0.15, 0.2) is 0 Å². The van der Waals surface area contributed by atoms with Crippen LogP contribution in [-0.4, -0.2) is 24.0 Å². The van der Waals surface area contributed by atoms with Gasteiger partial charge in [-0.2, -0.15) is 22.0 Å². The van der Waals surface area contributed by atoms with Crippen LogP contribution < -0.4 is 9.47 Å². The number of carbonyl (C=O) groups excluding carboxylic acids is 1. The lowest BCUT2D eigenvalue weighted by Crippen LogP contribution is -2.17. The number of benzene rings is 3. The maximum Gasteiger partial charge on any atom is 0.420 e. The summed E-state index contributed by atoms with van der Waals surface area (Å²) >= 11 is 0.